The zero-order chi connectivity index (χ0) is 22.0. The summed E-state index contributed by atoms with van der Waals surface area (Å²) in [6.45, 7) is 9.09. The Kier molecular flexibility index (Phi) is 4.04. The Bertz CT molecular complexity index is 1530. The predicted octanol–water partition coefficient (Wildman–Crippen LogP) is 7.88. The first-order valence-corrected chi connectivity index (χ1v) is 11.4. The van der Waals surface area contributed by atoms with Crippen molar-refractivity contribution in [2.24, 2.45) is 0 Å². The molecule has 0 fully saturated rings. The molecule has 0 atom stereocenters. The Hall–Kier alpha value is -3.52. The highest BCUT2D eigenvalue weighted by Gasteiger charge is 2.40. The first-order valence-electron chi connectivity index (χ1n) is 11.4. The number of rotatable bonds is 2. The quantitative estimate of drug-likeness (QED) is 0.293. The standard InChI is InChI=1S/C30H26N2/c1-18(2)24-16-21(15-20-10-6-7-11-22(20)24)28-27-26-23-12-8-5-9-19(23)13-14-25(26)30(3,4)29(27)32-17-31-28/h5-18H,1-4H3. The van der Waals surface area contributed by atoms with E-state index in [9.17, 15) is 0 Å². The van der Waals surface area contributed by atoms with Gasteiger partial charge in [-0.3, -0.25) is 0 Å². The van der Waals surface area contributed by atoms with Gasteiger partial charge < -0.3 is 0 Å². The summed E-state index contributed by atoms with van der Waals surface area (Å²) in [5, 5.41) is 5.11. The molecule has 0 bridgehead atoms. The van der Waals surface area contributed by atoms with Crippen LogP contribution < -0.4 is 0 Å². The van der Waals surface area contributed by atoms with Crippen LogP contribution in [0.1, 0.15) is 50.4 Å². The molecular formula is C30H26N2. The number of fused-ring (bicyclic) bond motifs is 6. The van der Waals surface area contributed by atoms with Crippen molar-refractivity contribution in [1.82, 2.24) is 9.97 Å². The monoisotopic (exact) mass is 414 g/mol. The molecule has 0 unspecified atom stereocenters. The van der Waals surface area contributed by atoms with Gasteiger partial charge >= 0.3 is 0 Å². The van der Waals surface area contributed by atoms with Gasteiger partial charge in [0.25, 0.3) is 0 Å². The highest BCUT2D eigenvalue weighted by molar-refractivity contribution is 6.06. The van der Waals surface area contributed by atoms with Crippen LogP contribution in [0.5, 0.6) is 0 Å². The maximum Gasteiger partial charge on any atom is 0.116 e. The van der Waals surface area contributed by atoms with E-state index >= 15 is 0 Å². The molecule has 0 spiro atoms. The number of nitrogens with zero attached hydrogens (tertiary/aromatic N) is 2. The lowest BCUT2D eigenvalue weighted by Crippen LogP contribution is -2.16. The molecule has 0 amide bonds. The van der Waals surface area contributed by atoms with E-state index in [0.717, 1.165) is 11.4 Å². The minimum absolute atomic E-state index is 0.163. The third-order valence-electron chi connectivity index (χ3n) is 7.08. The van der Waals surface area contributed by atoms with E-state index in [1.807, 2.05) is 0 Å². The van der Waals surface area contributed by atoms with Crippen LogP contribution in [0.3, 0.4) is 0 Å². The highest BCUT2D eigenvalue weighted by atomic mass is 14.9. The van der Waals surface area contributed by atoms with E-state index in [-0.39, 0.29) is 5.41 Å². The summed E-state index contributed by atoms with van der Waals surface area (Å²) in [4.78, 5) is 9.72. The fourth-order valence-corrected chi connectivity index (χ4v) is 5.46. The van der Waals surface area contributed by atoms with Gasteiger partial charge in [-0.1, -0.05) is 88.4 Å². The van der Waals surface area contributed by atoms with Crippen molar-refractivity contribution in [2.75, 3.05) is 0 Å². The third-order valence-corrected chi connectivity index (χ3v) is 7.08. The Morgan fingerprint density at radius 1 is 0.719 bits per heavy atom. The Labute approximate surface area is 189 Å². The van der Waals surface area contributed by atoms with E-state index < -0.39 is 0 Å². The van der Waals surface area contributed by atoms with Gasteiger partial charge in [0.1, 0.15) is 6.33 Å². The second-order valence-corrected chi connectivity index (χ2v) is 9.72. The zero-order valence-electron chi connectivity index (χ0n) is 19.0. The van der Waals surface area contributed by atoms with Crippen molar-refractivity contribution in [3.05, 3.63) is 95.9 Å². The molecule has 32 heavy (non-hydrogen) atoms. The van der Waals surface area contributed by atoms with E-state index in [4.69, 9.17) is 9.97 Å². The van der Waals surface area contributed by atoms with Gasteiger partial charge in [-0.2, -0.15) is 0 Å². The summed E-state index contributed by atoms with van der Waals surface area (Å²) in [6, 6.07) is 26.5. The normalized spacial score (nSPS) is 14.2. The molecule has 0 saturated carbocycles. The second-order valence-electron chi connectivity index (χ2n) is 9.72. The van der Waals surface area contributed by atoms with Crippen molar-refractivity contribution in [2.45, 2.75) is 39.0 Å². The van der Waals surface area contributed by atoms with Gasteiger partial charge in [-0.05, 0) is 56.3 Å². The molecule has 0 N–H and O–H groups in total. The summed E-state index contributed by atoms with van der Waals surface area (Å²) in [5.41, 5.74) is 8.33. The Morgan fingerprint density at radius 3 is 2.22 bits per heavy atom. The van der Waals surface area contributed by atoms with Gasteiger partial charge in [0.05, 0.1) is 11.4 Å². The van der Waals surface area contributed by atoms with Gasteiger partial charge in [0.15, 0.2) is 0 Å². The van der Waals surface area contributed by atoms with Crippen LogP contribution in [0.25, 0.3) is 43.9 Å². The van der Waals surface area contributed by atoms with Crippen LogP contribution in [0.15, 0.2) is 79.1 Å². The molecule has 1 aliphatic carbocycles. The lowest BCUT2D eigenvalue weighted by atomic mass is 9.84. The SMILES string of the molecule is CC(C)c1cc(-c2ncnc3c2-c2c(ccc4ccccc24)C3(C)C)cc2ccccc12. The van der Waals surface area contributed by atoms with Crippen molar-refractivity contribution in [3.8, 4) is 22.4 Å². The minimum atomic E-state index is -0.163. The van der Waals surface area contributed by atoms with Gasteiger partial charge in [0.2, 0.25) is 0 Å². The third kappa shape index (κ3) is 2.59. The van der Waals surface area contributed by atoms with Crippen LogP contribution in [-0.4, -0.2) is 9.97 Å². The van der Waals surface area contributed by atoms with E-state index in [1.54, 1.807) is 6.33 Å². The van der Waals surface area contributed by atoms with Crippen molar-refractivity contribution >= 4 is 21.5 Å². The molecule has 2 heteroatoms. The number of hydrogen-bond acceptors (Lipinski definition) is 2. The molecule has 1 aromatic heterocycles. The van der Waals surface area contributed by atoms with Crippen molar-refractivity contribution in [1.29, 1.82) is 0 Å². The fourth-order valence-electron chi connectivity index (χ4n) is 5.46. The first kappa shape index (κ1) is 19.2. The van der Waals surface area contributed by atoms with Crippen molar-refractivity contribution < 1.29 is 0 Å². The maximum absolute atomic E-state index is 4.89. The fraction of sp³-hybridized carbons (Fsp3) is 0.200. The summed E-state index contributed by atoms with van der Waals surface area (Å²) >= 11 is 0. The number of aromatic nitrogens is 2. The molecule has 1 aliphatic rings. The molecule has 156 valence electrons. The smallest absolute Gasteiger partial charge is 0.116 e. The summed E-state index contributed by atoms with van der Waals surface area (Å²) < 4.78 is 0. The van der Waals surface area contributed by atoms with Crippen LogP contribution in [0.2, 0.25) is 0 Å². The van der Waals surface area contributed by atoms with E-state index in [2.05, 4.69) is 100 Å². The predicted molar refractivity (Wildman–Crippen MR) is 134 cm³/mol. The largest absolute Gasteiger partial charge is 0.240 e. The molecule has 4 aromatic carbocycles. The molecule has 2 nitrogen and oxygen atoms in total. The molecular weight excluding hydrogens is 388 g/mol. The Balaban J connectivity index is 1.73. The molecule has 0 saturated heterocycles. The van der Waals surface area contributed by atoms with Gasteiger partial charge in [-0.15, -0.1) is 0 Å². The van der Waals surface area contributed by atoms with Crippen LogP contribution in [0, 0.1) is 0 Å². The van der Waals surface area contributed by atoms with Gasteiger partial charge in [-0.25, -0.2) is 9.97 Å². The lowest BCUT2D eigenvalue weighted by Gasteiger charge is -2.20. The molecule has 5 aromatic rings. The molecule has 1 heterocycles. The summed E-state index contributed by atoms with van der Waals surface area (Å²) in [6.07, 6.45) is 1.74. The minimum Gasteiger partial charge on any atom is -0.240 e. The number of hydrogen-bond donors (Lipinski definition) is 0. The average molecular weight is 415 g/mol. The molecule has 0 aliphatic heterocycles. The van der Waals surface area contributed by atoms with Crippen LogP contribution >= 0.6 is 0 Å². The summed E-state index contributed by atoms with van der Waals surface area (Å²) in [7, 11) is 0. The van der Waals surface area contributed by atoms with E-state index in [0.29, 0.717) is 5.92 Å². The topological polar surface area (TPSA) is 25.8 Å². The molecule has 0 radical (unpaired) electrons. The maximum atomic E-state index is 4.89. The summed E-state index contributed by atoms with van der Waals surface area (Å²) in [5.74, 6) is 0.430. The Morgan fingerprint density at radius 2 is 1.44 bits per heavy atom. The van der Waals surface area contributed by atoms with Crippen LogP contribution in [-0.2, 0) is 5.41 Å². The van der Waals surface area contributed by atoms with Gasteiger partial charge in [0, 0.05) is 16.5 Å². The second kappa shape index (κ2) is 6.74. The van der Waals surface area contributed by atoms with Crippen LogP contribution in [0.4, 0.5) is 0 Å². The highest BCUT2D eigenvalue weighted by Crippen LogP contribution is 2.53. The number of benzene rings is 4. The molecule has 6 rings (SSSR count). The first-order chi connectivity index (χ1) is 15.5. The lowest BCUT2D eigenvalue weighted by molar-refractivity contribution is 0.635. The average Bonchev–Trinajstić information content (AvgIpc) is 3.05. The zero-order valence-corrected chi connectivity index (χ0v) is 19.0. The van der Waals surface area contributed by atoms with E-state index in [1.165, 1.54) is 49.4 Å². The van der Waals surface area contributed by atoms with Crippen molar-refractivity contribution in [3.63, 3.8) is 0 Å².